The third-order valence-electron chi connectivity index (χ3n) is 4.74. The zero-order valence-electron chi connectivity index (χ0n) is 18.4. The molecule has 0 heterocycles. The van der Waals surface area contributed by atoms with Crippen LogP contribution >= 0.6 is 0 Å². The van der Waals surface area contributed by atoms with Gasteiger partial charge in [-0.2, -0.15) is 0 Å². The van der Waals surface area contributed by atoms with Crippen molar-refractivity contribution < 1.29 is 19.1 Å². The quantitative estimate of drug-likeness (QED) is 0.197. The summed E-state index contributed by atoms with van der Waals surface area (Å²) in [6, 6.07) is 4.74. The van der Waals surface area contributed by atoms with Crippen LogP contribution in [0.1, 0.15) is 57.4 Å². The van der Waals surface area contributed by atoms with Crippen molar-refractivity contribution in [3.8, 4) is 11.5 Å². The molecule has 0 aromatic heterocycles. The van der Waals surface area contributed by atoms with Crippen LogP contribution in [-0.2, 0) is 16.0 Å². The van der Waals surface area contributed by atoms with Crippen LogP contribution in [0.3, 0.4) is 0 Å². The Labute approximate surface area is 179 Å². The topological polar surface area (TPSA) is 127 Å². The zero-order valence-corrected chi connectivity index (χ0v) is 18.4. The van der Waals surface area contributed by atoms with Gasteiger partial charge in [0.2, 0.25) is 11.8 Å². The average molecular weight is 421 g/mol. The van der Waals surface area contributed by atoms with Gasteiger partial charge in [0.25, 0.3) is 0 Å². The summed E-state index contributed by atoms with van der Waals surface area (Å²) in [5.74, 6) is 0.599. The molecule has 0 aliphatic carbocycles. The number of carbonyl (C=O) groups excluding carboxylic acids is 2. The van der Waals surface area contributed by atoms with Gasteiger partial charge in [0, 0.05) is 19.4 Å². The average Bonchev–Trinajstić information content (AvgIpc) is 2.72. The van der Waals surface area contributed by atoms with Gasteiger partial charge in [-0.15, -0.1) is 0 Å². The Bertz CT molecular complexity index is 694. The highest BCUT2D eigenvalue weighted by atomic mass is 16.5. The third-order valence-corrected chi connectivity index (χ3v) is 4.74. The first-order valence-corrected chi connectivity index (χ1v) is 10.5. The lowest BCUT2D eigenvalue weighted by atomic mass is 10.1. The molecule has 0 radical (unpaired) electrons. The monoisotopic (exact) mass is 420 g/mol. The molecule has 0 aliphatic rings. The van der Waals surface area contributed by atoms with Crippen LogP contribution in [0.2, 0.25) is 0 Å². The summed E-state index contributed by atoms with van der Waals surface area (Å²) in [6.07, 6.45) is 6.16. The minimum absolute atomic E-state index is 0.0102. The van der Waals surface area contributed by atoms with E-state index in [0.29, 0.717) is 30.9 Å². The molecule has 5 N–H and O–H groups in total. The van der Waals surface area contributed by atoms with Gasteiger partial charge in [0.1, 0.15) is 6.04 Å². The Morgan fingerprint density at radius 3 is 2.43 bits per heavy atom. The van der Waals surface area contributed by atoms with Crippen LogP contribution in [-0.4, -0.2) is 44.5 Å². The number of amidine groups is 1. The maximum atomic E-state index is 12.5. The predicted octanol–water partition coefficient (Wildman–Crippen LogP) is 2.53. The number of benzene rings is 1. The maximum Gasteiger partial charge on any atom is 0.243 e. The highest BCUT2D eigenvalue weighted by Gasteiger charge is 2.21. The SMILES string of the molecule is CCCCCCCC(=O)N[C@H](CC(=N)N)C(=O)NCCc1ccc(OC)c(OC)c1. The second-order valence-corrected chi connectivity index (χ2v) is 7.24. The number of rotatable bonds is 15. The molecule has 2 amide bonds. The van der Waals surface area contributed by atoms with Gasteiger partial charge in [0.05, 0.1) is 20.1 Å². The molecule has 1 aromatic rings. The lowest BCUT2D eigenvalue weighted by Gasteiger charge is -2.18. The van der Waals surface area contributed by atoms with Crippen LogP contribution in [0.5, 0.6) is 11.5 Å². The Kier molecular flexibility index (Phi) is 12.0. The van der Waals surface area contributed by atoms with E-state index in [2.05, 4.69) is 17.6 Å². The number of ether oxygens (including phenoxy) is 2. The van der Waals surface area contributed by atoms with E-state index < -0.39 is 6.04 Å². The number of hydrogen-bond acceptors (Lipinski definition) is 5. The Balaban J connectivity index is 2.52. The molecule has 0 spiro atoms. The minimum atomic E-state index is -0.837. The fraction of sp³-hybridized carbons (Fsp3) is 0.591. The number of amides is 2. The van der Waals surface area contributed by atoms with E-state index in [1.807, 2.05) is 18.2 Å². The molecule has 0 unspecified atom stereocenters. The van der Waals surface area contributed by atoms with Crippen molar-refractivity contribution >= 4 is 17.6 Å². The number of nitrogens with two attached hydrogens (primary N) is 1. The van der Waals surface area contributed by atoms with Gasteiger partial charge in [-0.1, -0.05) is 38.7 Å². The van der Waals surface area contributed by atoms with Gasteiger partial charge >= 0.3 is 0 Å². The summed E-state index contributed by atoms with van der Waals surface area (Å²) < 4.78 is 10.5. The van der Waals surface area contributed by atoms with Crippen molar-refractivity contribution in [3.63, 3.8) is 0 Å². The first kappa shape index (κ1) is 25.3. The van der Waals surface area contributed by atoms with Gasteiger partial charge in [-0.3, -0.25) is 15.0 Å². The van der Waals surface area contributed by atoms with E-state index in [9.17, 15) is 9.59 Å². The van der Waals surface area contributed by atoms with Crippen molar-refractivity contribution in [3.05, 3.63) is 23.8 Å². The summed E-state index contributed by atoms with van der Waals surface area (Å²) in [4.78, 5) is 24.7. The lowest BCUT2D eigenvalue weighted by Crippen LogP contribution is -2.48. The zero-order chi connectivity index (χ0) is 22.4. The lowest BCUT2D eigenvalue weighted by molar-refractivity contribution is -0.128. The van der Waals surface area contributed by atoms with E-state index in [1.165, 1.54) is 0 Å². The summed E-state index contributed by atoms with van der Waals surface area (Å²) in [7, 11) is 3.15. The Morgan fingerprint density at radius 1 is 1.10 bits per heavy atom. The van der Waals surface area contributed by atoms with Crippen molar-refractivity contribution in [1.29, 1.82) is 5.41 Å². The van der Waals surface area contributed by atoms with Crippen LogP contribution in [0, 0.1) is 5.41 Å². The molecule has 1 aromatic carbocycles. The molecule has 0 fully saturated rings. The van der Waals surface area contributed by atoms with Gasteiger partial charge < -0.3 is 25.8 Å². The molecule has 8 heteroatoms. The molecule has 0 aliphatic heterocycles. The van der Waals surface area contributed by atoms with Crippen molar-refractivity contribution in [1.82, 2.24) is 10.6 Å². The first-order valence-electron chi connectivity index (χ1n) is 10.5. The van der Waals surface area contributed by atoms with E-state index >= 15 is 0 Å². The van der Waals surface area contributed by atoms with E-state index in [0.717, 1.165) is 37.7 Å². The number of carbonyl (C=O) groups is 2. The van der Waals surface area contributed by atoms with E-state index in [-0.39, 0.29) is 24.1 Å². The molecule has 30 heavy (non-hydrogen) atoms. The molecule has 8 nitrogen and oxygen atoms in total. The molecule has 1 atom stereocenters. The standard InChI is InChI=1S/C22H36N4O4/c1-4-5-6-7-8-9-21(27)26-17(15-20(23)24)22(28)25-13-12-16-10-11-18(29-2)19(14-16)30-3/h10-11,14,17H,4-9,12-13,15H2,1-3H3,(H3,23,24)(H,25,28)(H,26,27)/t17-/m1/s1. The number of nitrogens with one attached hydrogen (secondary N) is 3. The second kappa shape index (κ2) is 14.3. The number of hydrogen-bond donors (Lipinski definition) is 4. The maximum absolute atomic E-state index is 12.5. The summed E-state index contributed by atoms with van der Waals surface area (Å²) in [6.45, 7) is 2.53. The Morgan fingerprint density at radius 2 is 1.80 bits per heavy atom. The molecule has 168 valence electrons. The molecule has 1 rings (SSSR count). The highest BCUT2D eigenvalue weighted by Crippen LogP contribution is 2.27. The number of unbranched alkanes of at least 4 members (excludes halogenated alkanes) is 4. The second-order valence-electron chi connectivity index (χ2n) is 7.24. The summed E-state index contributed by atoms with van der Waals surface area (Å²) >= 11 is 0. The van der Waals surface area contributed by atoms with Crippen molar-refractivity contribution in [2.75, 3.05) is 20.8 Å². The van der Waals surface area contributed by atoms with Crippen LogP contribution in [0.25, 0.3) is 0 Å². The fourth-order valence-corrected chi connectivity index (χ4v) is 3.07. The molecule has 0 saturated heterocycles. The van der Waals surface area contributed by atoms with Gasteiger partial charge in [-0.25, -0.2) is 0 Å². The van der Waals surface area contributed by atoms with Crippen molar-refractivity contribution in [2.24, 2.45) is 5.73 Å². The highest BCUT2D eigenvalue weighted by molar-refractivity contribution is 5.92. The normalized spacial score (nSPS) is 11.4. The molecule has 0 saturated carbocycles. The van der Waals surface area contributed by atoms with Crippen LogP contribution in [0.4, 0.5) is 0 Å². The van der Waals surface area contributed by atoms with Crippen molar-refractivity contribution in [2.45, 2.75) is 64.3 Å². The van der Waals surface area contributed by atoms with Gasteiger partial charge in [-0.05, 0) is 30.5 Å². The molecular formula is C22H36N4O4. The fourth-order valence-electron chi connectivity index (χ4n) is 3.07. The third kappa shape index (κ3) is 9.62. The minimum Gasteiger partial charge on any atom is -0.493 e. The largest absolute Gasteiger partial charge is 0.493 e. The summed E-state index contributed by atoms with van der Waals surface area (Å²) in [5.41, 5.74) is 6.45. The van der Waals surface area contributed by atoms with E-state index in [1.54, 1.807) is 14.2 Å². The van der Waals surface area contributed by atoms with Crippen LogP contribution < -0.4 is 25.8 Å². The van der Waals surface area contributed by atoms with E-state index in [4.69, 9.17) is 20.6 Å². The van der Waals surface area contributed by atoms with Crippen LogP contribution in [0.15, 0.2) is 18.2 Å². The van der Waals surface area contributed by atoms with Gasteiger partial charge in [0.15, 0.2) is 11.5 Å². The molecular weight excluding hydrogens is 384 g/mol. The predicted molar refractivity (Wildman–Crippen MR) is 118 cm³/mol. The summed E-state index contributed by atoms with van der Waals surface area (Å²) in [5, 5.41) is 13.0. The number of methoxy groups -OCH3 is 2. The first-order chi connectivity index (χ1) is 14.4. The smallest absolute Gasteiger partial charge is 0.243 e. The molecule has 0 bridgehead atoms. The Hall–Kier alpha value is -2.77.